The number of rotatable bonds is 5. The van der Waals surface area contributed by atoms with Crippen molar-refractivity contribution in [2.24, 2.45) is 35.5 Å². The minimum absolute atomic E-state index is 0.0893. The van der Waals surface area contributed by atoms with Gasteiger partial charge in [-0.05, 0) is 60.4 Å². The van der Waals surface area contributed by atoms with Gasteiger partial charge >= 0.3 is 0 Å². The summed E-state index contributed by atoms with van der Waals surface area (Å²) in [6.07, 6.45) is 5.28. The number of halogens is 1. The van der Waals surface area contributed by atoms with E-state index in [1.54, 1.807) is 24.3 Å². The Morgan fingerprint density at radius 3 is 2.21 bits per heavy atom. The van der Waals surface area contributed by atoms with Crippen LogP contribution < -0.4 is 4.90 Å². The number of benzene rings is 2. The molecule has 2 aromatic carbocycles. The average Bonchev–Trinajstić information content (AvgIpc) is 3.62. The van der Waals surface area contributed by atoms with Gasteiger partial charge in [0.05, 0.1) is 16.8 Å². The molecule has 172 valence electrons. The Bertz CT molecular complexity index is 1240. The highest BCUT2D eigenvalue weighted by Crippen LogP contribution is 2.65. The standard InChI is InChI=1S/C25H20ClN3O5/c26-14-2-1-3-16(10-14)27(23(30)13-4-6-15(7-5-13)29(33)34)12-28-24(31)21-17-8-9-18(20-11-19(17)20)22(21)25(28)32/h1-10,17-22H,11-12H2. The van der Waals surface area contributed by atoms with Gasteiger partial charge in [0, 0.05) is 28.4 Å². The van der Waals surface area contributed by atoms with E-state index in [4.69, 9.17) is 11.6 Å². The lowest BCUT2D eigenvalue weighted by molar-refractivity contribution is -0.384. The van der Waals surface area contributed by atoms with E-state index in [0.717, 1.165) is 6.42 Å². The van der Waals surface area contributed by atoms with Gasteiger partial charge in [0.1, 0.15) is 6.67 Å². The van der Waals surface area contributed by atoms with Crippen molar-refractivity contribution < 1.29 is 19.3 Å². The summed E-state index contributed by atoms with van der Waals surface area (Å²) >= 11 is 6.17. The number of nitrogens with zero attached hydrogens (tertiary/aromatic N) is 3. The first-order chi connectivity index (χ1) is 16.3. The molecule has 1 saturated heterocycles. The number of nitro benzene ring substituents is 1. The second-order valence-electron chi connectivity index (χ2n) is 9.42. The molecule has 0 aromatic heterocycles. The first-order valence-electron chi connectivity index (χ1n) is 11.2. The van der Waals surface area contributed by atoms with Crippen molar-refractivity contribution >= 4 is 40.7 Å². The predicted molar refractivity (Wildman–Crippen MR) is 123 cm³/mol. The van der Waals surface area contributed by atoms with E-state index in [0.29, 0.717) is 22.5 Å². The molecule has 0 N–H and O–H groups in total. The number of carbonyl (C=O) groups excluding carboxylic acids is 3. The second kappa shape index (κ2) is 7.50. The third-order valence-electron chi connectivity index (χ3n) is 7.73. The molecule has 9 heteroatoms. The molecule has 3 amide bonds. The van der Waals surface area contributed by atoms with Crippen LogP contribution in [0.1, 0.15) is 16.8 Å². The Labute approximate surface area is 199 Å². The molecular formula is C25H20ClN3O5. The van der Waals surface area contributed by atoms with Crippen molar-refractivity contribution in [3.8, 4) is 0 Å². The number of amides is 3. The SMILES string of the molecule is O=C1C2C3C=CC(C4CC34)C2C(=O)N1CN(C(=O)c1ccc([N+](=O)[O-])cc1)c1cccc(Cl)c1. The maximum Gasteiger partial charge on any atom is 0.269 e. The van der Waals surface area contributed by atoms with Gasteiger partial charge in [-0.15, -0.1) is 0 Å². The number of hydrogen-bond donors (Lipinski definition) is 0. The quantitative estimate of drug-likeness (QED) is 0.281. The number of carbonyl (C=O) groups is 3. The first kappa shape index (κ1) is 21.0. The van der Waals surface area contributed by atoms with Gasteiger partial charge < -0.3 is 0 Å². The molecule has 1 aliphatic heterocycles. The lowest BCUT2D eigenvalue weighted by Crippen LogP contribution is -2.45. The highest BCUT2D eigenvalue weighted by molar-refractivity contribution is 6.31. The van der Waals surface area contributed by atoms with Crippen LogP contribution in [0.15, 0.2) is 60.7 Å². The molecule has 6 unspecified atom stereocenters. The zero-order valence-electron chi connectivity index (χ0n) is 17.9. The molecule has 2 aromatic rings. The van der Waals surface area contributed by atoms with Crippen molar-refractivity contribution in [2.75, 3.05) is 11.6 Å². The Kier molecular flexibility index (Phi) is 4.64. The van der Waals surface area contributed by atoms with Gasteiger partial charge in [0.25, 0.3) is 11.6 Å². The molecule has 0 spiro atoms. The highest BCUT2D eigenvalue weighted by Gasteiger charge is 2.67. The van der Waals surface area contributed by atoms with E-state index in [-0.39, 0.29) is 53.4 Å². The third kappa shape index (κ3) is 3.09. The number of non-ortho nitro benzene ring substituents is 1. The number of nitro groups is 1. The van der Waals surface area contributed by atoms with Crippen LogP contribution in [0.5, 0.6) is 0 Å². The predicted octanol–water partition coefficient (Wildman–Crippen LogP) is 3.91. The minimum Gasteiger partial charge on any atom is -0.289 e. The van der Waals surface area contributed by atoms with Gasteiger partial charge in [-0.3, -0.25) is 34.3 Å². The molecule has 34 heavy (non-hydrogen) atoms. The molecule has 3 fully saturated rings. The first-order valence-corrected chi connectivity index (χ1v) is 11.6. The van der Waals surface area contributed by atoms with Crippen LogP contribution in [0, 0.1) is 45.6 Å². The molecule has 0 radical (unpaired) electrons. The Hall–Kier alpha value is -3.52. The summed E-state index contributed by atoms with van der Waals surface area (Å²) in [5, 5.41) is 11.4. The summed E-state index contributed by atoms with van der Waals surface area (Å²) in [5.74, 6) is -0.526. The van der Waals surface area contributed by atoms with Crippen LogP contribution in [0.3, 0.4) is 0 Å². The zero-order valence-corrected chi connectivity index (χ0v) is 18.7. The molecule has 7 rings (SSSR count). The Morgan fingerprint density at radius 1 is 1.03 bits per heavy atom. The fourth-order valence-corrected chi connectivity index (χ4v) is 6.27. The van der Waals surface area contributed by atoms with E-state index in [1.807, 2.05) is 0 Å². The summed E-state index contributed by atoms with van der Waals surface area (Å²) in [7, 11) is 0. The summed E-state index contributed by atoms with van der Waals surface area (Å²) < 4.78 is 0. The maximum absolute atomic E-state index is 13.5. The smallest absolute Gasteiger partial charge is 0.269 e. The second-order valence-corrected chi connectivity index (χ2v) is 9.85. The lowest BCUT2D eigenvalue weighted by Gasteiger charge is -2.37. The summed E-state index contributed by atoms with van der Waals surface area (Å²) in [5.41, 5.74) is 0.488. The lowest BCUT2D eigenvalue weighted by atomic mass is 9.63. The van der Waals surface area contributed by atoms with Crippen LogP contribution in [0.4, 0.5) is 11.4 Å². The normalized spacial score (nSPS) is 30.2. The molecule has 2 saturated carbocycles. The molecule has 2 bridgehead atoms. The fourth-order valence-electron chi connectivity index (χ4n) is 6.09. The van der Waals surface area contributed by atoms with Gasteiger partial charge in [0.15, 0.2) is 0 Å². The van der Waals surface area contributed by atoms with E-state index in [2.05, 4.69) is 12.2 Å². The maximum atomic E-state index is 13.5. The fraction of sp³-hybridized carbons (Fsp3) is 0.320. The molecule has 5 aliphatic rings. The van der Waals surface area contributed by atoms with Gasteiger partial charge in [0.2, 0.25) is 11.8 Å². The number of hydrogen-bond acceptors (Lipinski definition) is 5. The van der Waals surface area contributed by atoms with E-state index in [9.17, 15) is 24.5 Å². The van der Waals surface area contributed by atoms with Crippen molar-refractivity contribution in [3.05, 3.63) is 81.4 Å². The molecule has 6 atom stereocenters. The number of allylic oxidation sites excluding steroid dienone is 2. The van der Waals surface area contributed by atoms with E-state index in [1.165, 1.54) is 34.1 Å². The van der Waals surface area contributed by atoms with Crippen molar-refractivity contribution in [1.82, 2.24) is 4.90 Å². The average molecular weight is 478 g/mol. The highest BCUT2D eigenvalue weighted by atomic mass is 35.5. The van der Waals surface area contributed by atoms with Crippen LogP contribution in [-0.2, 0) is 9.59 Å². The Balaban J connectivity index is 1.33. The minimum atomic E-state index is -0.542. The van der Waals surface area contributed by atoms with E-state index >= 15 is 0 Å². The van der Waals surface area contributed by atoms with Gasteiger partial charge in [-0.2, -0.15) is 0 Å². The number of anilines is 1. The molecule has 8 nitrogen and oxygen atoms in total. The topological polar surface area (TPSA) is 101 Å². The summed E-state index contributed by atoms with van der Waals surface area (Å²) in [6.45, 7) is -0.240. The van der Waals surface area contributed by atoms with Gasteiger partial charge in [-0.25, -0.2) is 0 Å². The molecule has 4 aliphatic carbocycles. The zero-order chi connectivity index (χ0) is 23.7. The molecule has 1 heterocycles. The van der Waals surface area contributed by atoms with Crippen LogP contribution >= 0.6 is 11.6 Å². The molecular weight excluding hydrogens is 458 g/mol. The monoisotopic (exact) mass is 477 g/mol. The summed E-state index contributed by atoms with van der Waals surface area (Å²) in [6, 6.07) is 11.8. The van der Waals surface area contributed by atoms with Crippen molar-refractivity contribution in [2.45, 2.75) is 6.42 Å². The van der Waals surface area contributed by atoms with Crippen LogP contribution in [0.25, 0.3) is 0 Å². The largest absolute Gasteiger partial charge is 0.289 e. The van der Waals surface area contributed by atoms with Crippen LogP contribution in [0.2, 0.25) is 5.02 Å². The Morgan fingerprint density at radius 2 is 1.65 bits per heavy atom. The van der Waals surface area contributed by atoms with E-state index < -0.39 is 10.8 Å². The summed E-state index contributed by atoms with van der Waals surface area (Å²) in [4.78, 5) is 53.4. The number of likely N-dealkylation sites (tertiary alicyclic amines) is 1. The number of imide groups is 1. The van der Waals surface area contributed by atoms with Crippen LogP contribution in [-0.4, -0.2) is 34.2 Å². The van der Waals surface area contributed by atoms with Crippen molar-refractivity contribution in [3.63, 3.8) is 0 Å². The third-order valence-corrected chi connectivity index (χ3v) is 7.96. The van der Waals surface area contributed by atoms with Gasteiger partial charge in [-0.1, -0.05) is 29.8 Å². The van der Waals surface area contributed by atoms with Crippen molar-refractivity contribution in [1.29, 1.82) is 0 Å².